The molecule has 0 bridgehead atoms. The first kappa shape index (κ1) is 12.1. The molecule has 0 heterocycles. The molecule has 0 aliphatic heterocycles. The normalized spacial score (nSPS) is 9.69. The average molecular weight is 185 g/mol. The van der Waals surface area contributed by atoms with E-state index >= 15 is 0 Å². The van der Waals surface area contributed by atoms with Crippen LogP contribution in [0.2, 0.25) is 0 Å². The van der Waals surface area contributed by atoms with Crippen LogP contribution in [0.1, 0.15) is 46.0 Å². The zero-order valence-electron chi connectivity index (χ0n) is 8.56. The van der Waals surface area contributed by atoms with Crippen molar-refractivity contribution in [1.82, 2.24) is 5.32 Å². The van der Waals surface area contributed by atoms with Crippen LogP contribution in [-0.2, 0) is 9.59 Å². The average Bonchev–Trinajstić information content (AvgIpc) is 2.08. The Morgan fingerprint density at radius 2 is 1.77 bits per heavy atom. The Kier molecular flexibility index (Phi) is 7.26. The topological polar surface area (TPSA) is 46.2 Å². The van der Waals surface area contributed by atoms with Crippen LogP contribution in [0.4, 0.5) is 0 Å². The predicted molar refractivity (Wildman–Crippen MR) is 52.4 cm³/mol. The van der Waals surface area contributed by atoms with Crippen molar-refractivity contribution >= 4 is 11.7 Å². The van der Waals surface area contributed by atoms with E-state index < -0.39 is 0 Å². The van der Waals surface area contributed by atoms with Crippen molar-refractivity contribution < 1.29 is 9.59 Å². The number of amides is 1. The second-order valence-corrected chi connectivity index (χ2v) is 3.23. The molecule has 0 aliphatic rings. The number of hydrogen-bond acceptors (Lipinski definition) is 2. The number of ketones is 1. The van der Waals surface area contributed by atoms with Crippen molar-refractivity contribution in [1.29, 1.82) is 0 Å². The van der Waals surface area contributed by atoms with E-state index in [0.29, 0.717) is 25.2 Å². The molecule has 0 saturated heterocycles. The summed E-state index contributed by atoms with van der Waals surface area (Å²) in [7, 11) is 0. The fraction of sp³-hybridized carbons (Fsp3) is 0.800. The standard InChI is InChI=1S/C10H19NO2/c1-3-4-6-10(13)7-5-8-11-9(2)12/h3-8H2,1-2H3,(H,11,12). The van der Waals surface area contributed by atoms with Crippen LogP contribution < -0.4 is 5.32 Å². The fourth-order valence-corrected chi connectivity index (χ4v) is 1.05. The lowest BCUT2D eigenvalue weighted by atomic mass is 10.1. The second kappa shape index (κ2) is 7.77. The molecule has 0 atom stereocenters. The van der Waals surface area contributed by atoms with Crippen LogP contribution in [0.5, 0.6) is 0 Å². The van der Waals surface area contributed by atoms with Crippen LogP contribution in [0.3, 0.4) is 0 Å². The molecule has 13 heavy (non-hydrogen) atoms. The lowest BCUT2D eigenvalue weighted by Crippen LogP contribution is -2.21. The highest BCUT2D eigenvalue weighted by atomic mass is 16.1. The van der Waals surface area contributed by atoms with Gasteiger partial charge in [-0.15, -0.1) is 0 Å². The minimum atomic E-state index is -0.0268. The van der Waals surface area contributed by atoms with Gasteiger partial charge in [0.25, 0.3) is 0 Å². The van der Waals surface area contributed by atoms with Gasteiger partial charge in [0.05, 0.1) is 0 Å². The second-order valence-electron chi connectivity index (χ2n) is 3.23. The molecule has 0 radical (unpaired) electrons. The highest BCUT2D eigenvalue weighted by Crippen LogP contribution is 2.00. The summed E-state index contributed by atoms with van der Waals surface area (Å²) in [5, 5.41) is 2.67. The SMILES string of the molecule is CCCCC(=O)CCCNC(C)=O. The summed E-state index contributed by atoms with van der Waals surface area (Å²) in [4.78, 5) is 21.6. The van der Waals surface area contributed by atoms with Gasteiger partial charge < -0.3 is 5.32 Å². The third kappa shape index (κ3) is 9.05. The number of carbonyl (C=O) groups excluding carboxylic acids is 2. The highest BCUT2D eigenvalue weighted by Gasteiger charge is 2.00. The number of nitrogens with one attached hydrogen (secondary N) is 1. The Hall–Kier alpha value is -0.860. The molecule has 0 unspecified atom stereocenters. The first-order chi connectivity index (χ1) is 6.16. The van der Waals surface area contributed by atoms with Gasteiger partial charge in [0.15, 0.2) is 0 Å². The summed E-state index contributed by atoms with van der Waals surface area (Å²) in [6.07, 6.45) is 4.11. The van der Waals surface area contributed by atoms with Crippen molar-refractivity contribution in [3.8, 4) is 0 Å². The monoisotopic (exact) mass is 185 g/mol. The molecule has 0 saturated carbocycles. The van der Waals surface area contributed by atoms with Crippen molar-refractivity contribution in [3.63, 3.8) is 0 Å². The summed E-state index contributed by atoms with van der Waals surface area (Å²) < 4.78 is 0. The Bertz CT molecular complexity index is 166. The molecule has 3 nitrogen and oxygen atoms in total. The number of hydrogen-bond donors (Lipinski definition) is 1. The lowest BCUT2D eigenvalue weighted by Gasteiger charge is -2.01. The van der Waals surface area contributed by atoms with Crippen LogP contribution in [0, 0.1) is 0 Å². The van der Waals surface area contributed by atoms with E-state index in [2.05, 4.69) is 12.2 Å². The van der Waals surface area contributed by atoms with Crippen LogP contribution in [0.25, 0.3) is 0 Å². The Balaban J connectivity index is 3.22. The Labute approximate surface area is 79.9 Å². The van der Waals surface area contributed by atoms with Gasteiger partial charge in [0.2, 0.25) is 5.91 Å². The first-order valence-corrected chi connectivity index (χ1v) is 4.93. The summed E-state index contributed by atoms with van der Waals surface area (Å²) in [6.45, 7) is 4.18. The number of rotatable bonds is 7. The molecule has 0 fully saturated rings. The van der Waals surface area contributed by atoms with Gasteiger partial charge in [0, 0.05) is 26.3 Å². The molecule has 0 rings (SSSR count). The molecular formula is C10H19NO2. The molecule has 76 valence electrons. The van der Waals surface area contributed by atoms with Gasteiger partial charge in [-0.2, -0.15) is 0 Å². The molecule has 0 spiro atoms. The minimum absolute atomic E-state index is 0.0268. The van der Waals surface area contributed by atoms with Gasteiger partial charge in [-0.1, -0.05) is 13.3 Å². The lowest BCUT2D eigenvalue weighted by molar-refractivity contribution is -0.120. The molecular weight excluding hydrogens is 166 g/mol. The Morgan fingerprint density at radius 3 is 2.31 bits per heavy atom. The van der Waals surface area contributed by atoms with Gasteiger partial charge in [0.1, 0.15) is 5.78 Å². The number of unbranched alkanes of at least 4 members (excludes halogenated alkanes) is 1. The molecule has 3 heteroatoms. The van der Waals surface area contributed by atoms with Crippen molar-refractivity contribution in [2.24, 2.45) is 0 Å². The first-order valence-electron chi connectivity index (χ1n) is 4.93. The van der Waals surface area contributed by atoms with E-state index in [9.17, 15) is 9.59 Å². The van der Waals surface area contributed by atoms with E-state index in [1.54, 1.807) is 0 Å². The summed E-state index contributed by atoms with van der Waals surface area (Å²) in [5.74, 6) is 0.285. The van der Waals surface area contributed by atoms with E-state index in [1.165, 1.54) is 6.92 Å². The maximum atomic E-state index is 11.1. The molecule has 0 aromatic carbocycles. The van der Waals surface area contributed by atoms with Crippen LogP contribution >= 0.6 is 0 Å². The van der Waals surface area contributed by atoms with E-state index in [-0.39, 0.29) is 5.91 Å². The zero-order valence-corrected chi connectivity index (χ0v) is 8.56. The van der Waals surface area contributed by atoms with E-state index in [4.69, 9.17) is 0 Å². The largest absolute Gasteiger partial charge is 0.356 e. The fourth-order valence-electron chi connectivity index (χ4n) is 1.05. The minimum Gasteiger partial charge on any atom is -0.356 e. The maximum Gasteiger partial charge on any atom is 0.216 e. The van der Waals surface area contributed by atoms with E-state index in [1.807, 2.05) is 0 Å². The summed E-state index contributed by atoms with van der Waals surface area (Å²) in [6, 6.07) is 0. The zero-order chi connectivity index (χ0) is 10.1. The highest BCUT2D eigenvalue weighted by molar-refractivity contribution is 5.78. The van der Waals surface area contributed by atoms with Crippen molar-refractivity contribution in [2.45, 2.75) is 46.0 Å². The molecule has 1 amide bonds. The molecule has 0 aromatic heterocycles. The predicted octanol–water partition coefficient (Wildman–Crippen LogP) is 1.66. The van der Waals surface area contributed by atoms with Crippen molar-refractivity contribution in [3.05, 3.63) is 0 Å². The third-order valence-electron chi connectivity index (χ3n) is 1.82. The van der Waals surface area contributed by atoms with Gasteiger partial charge in [-0.3, -0.25) is 9.59 Å². The quantitative estimate of drug-likeness (QED) is 0.613. The van der Waals surface area contributed by atoms with Crippen molar-refractivity contribution in [2.75, 3.05) is 6.54 Å². The molecule has 0 aliphatic carbocycles. The number of carbonyl (C=O) groups is 2. The van der Waals surface area contributed by atoms with Gasteiger partial charge in [-0.05, 0) is 12.8 Å². The van der Waals surface area contributed by atoms with Gasteiger partial charge in [-0.25, -0.2) is 0 Å². The summed E-state index contributed by atoms with van der Waals surface area (Å²) in [5.41, 5.74) is 0. The summed E-state index contributed by atoms with van der Waals surface area (Å²) >= 11 is 0. The molecule has 1 N–H and O–H groups in total. The van der Waals surface area contributed by atoms with Crippen LogP contribution in [0.15, 0.2) is 0 Å². The maximum absolute atomic E-state index is 11.1. The smallest absolute Gasteiger partial charge is 0.216 e. The molecule has 0 aromatic rings. The number of Topliss-reactive ketones (excluding diaryl/α,β-unsaturated/α-hetero) is 1. The van der Waals surface area contributed by atoms with E-state index in [0.717, 1.165) is 19.3 Å². The Morgan fingerprint density at radius 1 is 1.15 bits per heavy atom. The van der Waals surface area contributed by atoms with Gasteiger partial charge >= 0.3 is 0 Å². The van der Waals surface area contributed by atoms with Crippen LogP contribution in [-0.4, -0.2) is 18.2 Å². The third-order valence-corrected chi connectivity index (χ3v) is 1.82.